The summed E-state index contributed by atoms with van der Waals surface area (Å²) < 4.78 is 32.1. The molecule has 2 aromatic rings. The quantitative estimate of drug-likeness (QED) is 0.402. The van der Waals surface area contributed by atoms with Gasteiger partial charge in [-0.2, -0.15) is 0 Å². The summed E-state index contributed by atoms with van der Waals surface area (Å²) in [4.78, 5) is 26.1. The zero-order valence-corrected chi connectivity index (χ0v) is 20.9. The van der Waals surface area contributed by atoms with Gasteiger partial charge in [-0.3, -0.25) is 9.59 Å². The van der Waals surface area contributed by atoms with E-state index in [1.54, 1.807) is 19.2 Å². The van der Waals surface area contributed by atoms with E-state index in [-0.39, 0.29) is 24.0 Å². The van der Waals surface area contributed by atoms with Gasteiger partial charge in [0.25, 0.3) is 0 Å². The fourth-order valence-electron chi connectivity index (χ4n) is 4.98. The maximum absolute atomic E-state index is 13.6. The van der Waals surface area contributed by atoms with Gasteiger partial charge < -0.3 is 14.2 Å². The molecule has 0 saturated carbocycles. The number of benzene rings is 2. The lowest BCUT2D eigenvalue weighted by Crippen LogP contribution is -2.30. The van der Waals surface area contributed by atoms with E-state index in [4.69, 9.17) is 14.2 Å². The van der Waals surface area contributed by atoms with E-state index in [2.05, 4.69) is 22.6 Å². The van der Waals surface area contributed by atoms with Gasteiger partial charge in [-0.1, -0.05) is 12.1 Å². The molecule has 0 amide bonds. The Hall–Kier alpha value is -2.68. The van der Waals surface area contributed by atoms with Gasteiger partial charge in [-0.25, -0.2) is 4.39 Å². The van der Waals surface area contributed by atoms with Gasteiger partial charge in [0.05, 0.1) is 10.7 Å². The molecule has 0 unspecified atom stereocenters. The molecule has 0 radical (unpaired) electrons. The van der Waals surface area contributed by atoms with E-state index in [1.807, 2.05) is 12.1 Å². The maximum atomic E-state index is 13.6. The van der Waals surface area contributed by atoms with Crippen molar-refractivity contribution in [1.29, 1.82) is 0 Å². The third-order valence-corrected chi connectivity index (χ3v) is 7.30. The lowest BCUT2D eigenvalue weighted by Gasteiger charge is -2.36. The second-order valence-electron chi connectivity index (χ2n) is 8.71. The molecule has 0 fully saturated rings. The van der Waals surface area contributed by atoms with Crippen molar-refractivity contribution in [2.45, 2.75) is 51.0 Å². The van der Waals surface area contributed by atoms with Crippen LogP contribution >= 0.6 is 22.6 Å². The Morgan fingerprint density at radius 2 is 1.68 bits per heavy atom. The summed E-state index contributed by atoms with van der Waals surface area (Å²) in [7, 11) is 1.56. The van der Waals surface area contributed by atoms with Gasteiger partial charge in [0.15, 0.2) is 23.1 Å². The minimum absolute atomic E-state index is 0.0385. The van der Waals surface area contributed by atoms with Crippen LogP contribution in [-0.4, -0.2) is 18.7 Å². The number of carbonyl (C=O) groups is 2. The number of hydrogen-bond donors (Lipinski definition) is 0. The number of ketones is 2. The van der Waals surface area contributed by atoms with Crippen LogP contribution in [-0.2, 0) is 20.9 Å². The summed E-state index contributed by atoms with van der Waals surface area (Å²) in [5.41, 5.74) is 2.72. The Kier molecular flexibility index (Phi) is 6.46. The van der Waals surface area contributed by atoms with Crippen LogP contribution in [0.2, 0.25) is 0 Å². The molecule has 7 heteroatoms. The van der Waals surface area contributed by atoms with Crippen LogP contribution in [0.5, 0.6) is 11.5 Å². The van der Waals surface area contributed by atoms with Crippen molar-refractivity contribution in [1.82, 2.24) is 0 Å². The lowest BCUT2D eigenvalue weighted by atomic mass is 9.73. The minimum atomic E-state index is -0.459. The highest BCUT2D eigenvalue weighted by atomic mass is 127. The summed E-state index contributed by atoms with van der Waals surface area (Å²) in [5, 5.41) is 0. The summed E-state index contributed by atoms with van der Waals surface area (Å²) in [6.45, 7) is 0.183. The van der Waals surface area contributed by atoms with Crippen LogP contribution in [0.25, 0.3) is 0 Å². The molecule has 176 valence electrons. The molecular formula is C27H24FIO5. The Labute approximate surface area is 211 Å². The zero-order valence-electron chi connectivity index (χ0n) is 18.8. The van der Waals surface area contributed by atoms with Crippen molar-refractivity contribution in [2.24, 2.45) is 0 Å². The monoisotopic (exact) mass is 574 g/mol. The number of Topliss-reactive ketones (excluding diaryl/α,β-unsaturated/α-hetero) is 2. The first kappa shape index (κ1) is 23.1. The first-order valence-corrected chi connectivity index (χ1v) is 12.5. The number of hydrogen-bond acceptors (Lipinski definition) is 5. The van der Waals surface area contributed by atoms with Gasteiger partial charge in [0.2, 0.25) is 0 Å². The molecule has 0 atom stereocenters. The van der Waals surface area contributed by atoms with Crippen molar-refractivity contribution in [3.8, 4) is 11.5 Å². The first-order chi connectivity index (χ1) is 16.5. The minimum Gasteiger partial charge on any atom is -0.493 e. The number of methoxy groups -OCH3 is 1. The number of rotatable bonds is 5. The van der Waals surface area contributed by atoms with Crippen LogP contribution in [0.4, 0.5) is 4.39 Å². The molecule has 1 aliphatic heterocycles. The molecule has 0 spiro atoms. The molecule has 0 N–H and O–H groups in total. The van der Waals surface area contributed by atoms with E-state index in [0.29, 0.717) is 65.4 Å². The standard InChI is InChI=1S/C27H24FIO5/c1-32-23-13-16(12-18(29)27(23)33-14-15-5-2-6-17(28)11-15)24-25-19(30)7-3-9-21(25)34-22-10-4-8-20(31)26(22)24/h2,5-6,11-13,24H,3-4,7-10,14H2,1H3. The molecule has 2 aromatic carbocycles. The van der Waals surface area contributed by atoms with Crippen molar-refractivity contribution < 1.29 is 28.2 Å². The molecule has 34 heavy (non-hydrogen) atoms. The summed E-state index contributed by atoms with van der Waals surface area (Å²) in [6, 6.07) is 10.0. The van der Waals surface area contributed by atoms with Crippen molar-refractivity contribution >= 4 is 34.2 Å². The van der Waals surface area contributed by atoms with Gasteiger partial charge in [0, 0.05) is 42.7 Å². The normalized spacial score (nSPS) is 18.4. The van der Waals surface area contributed by atoms with Crippen LogP contribution in [0.15, 0.2) is 59.1 Å². The van der Waals surface area contributed by atoms with Gasteiger partial charge in [-0.15, -0.1) is 0 Å². The SMILES string of the molecule is COc1cc(C2C3=C(CCCC3=O)OC3=C2C(=O)CCC3)cc(I)c1OCc1cccc(F)c1. The highest BCUT2D eigenvalue weighted by molar-refractivity contribution is 14.1. The van der Waals surface area contributed by atoms with E-state index in [9.17, 15) is 14.0 Å². The predicted octanol–water partition coefficient (Wildman–Crippen LogP) is 6.15. The van der Waals surface area contributed by atoms with Gasteiger partial charge in [-0.05, 0) is 70.8 Å². The molecule has 0 bridgehead atoms. The van der Waals surface area contributed by atoms with Gasteiger partial charge >= 0.3 is 0 Å². The second-order valence-corrected chi connectivity index (χ2v) is 9.88. The van der Waals surface area contributed by atoms with Crippen LogP contribution in [0.3, 0.4) is 0 Å². The first-order valence-electron chi connectivity index (χ1n) is 11.4. The fraction of sp³-hybridized carbons (Fsp3) is 0.333. The smallest absolute Gasteiger partial charge is 0.174 e. The summed E-state index contributed by atoms with van der Waals surface area (Å²) in [6.07, 6.45) is 3.83. The number of carbonyl (C=O) groups excluding carboxylic acids is 2. The third kappa shape index (κ3) is 4.26. The van der Waals surface area contributed by atoms with Crippen LogP contribution < -0.4 is 9.47 Å². The Balaban J connectivity index is 1.56. The molecule has 0 saturated heterocycles. The second kappa shape index (κ2) is 9.52. The van der Waals surface area contributed by atoms with Crippen molar-refractivity contribution in [3.63, 3.8) is 0 Å². The molecule has 0 aromatic heterocycles. The average molecular weight is 574 g/mol. The molecule has 2 aliphatic carbocycles. The highest BCUT2D eigenvalue weighted by Gasteiger charge is 2.42. The molecule has 5 nitrogen and oxygen atoms in total. The van der Waals surface area contributed by atoms with E-state index < -0.39 is 5.92 Å². The summed E-state index contributed by atoms with van der Waals surface area (Å²) >= 11 is 2.17. The Morgan fingerprint density at radius 3 is 2.29 bits per heavy atom. The third-order valence-electron chi connectivity index (χ3n) is 6.50. The Bertz CT molecular complexity index is 1200. The number of halogens is 2. The molecular weight excluding hydrogens is 550 g/mol. The number of allylic oxidation sites excluding steroid dienone is 4. The summed E-state index contributed by atoms with van der Waals surface area (Å²) in [5.74, 6) is 1.75. The van der Waals surface area contributed by atoms with Crippen LogP contribution in [0, 0.1) is 9.39 Å². The van der Waals surface area contributed by atoms with E-state index in [1.165, 1.54) is 12.1 Å². The average Bonchev–Trinajstić information content (AvgIpc) is 2.82. The molecule has 5 rings (SSSR count). The van der Waals surface area contributed by atoms with Crippen LogP contribution in [0.1, 0.15) is 55.6 Å². The topological polar surface area (TPSA) is 61.8 Å². The largest absolute Gasteiger partial charge is 0.493 e. The van der Waals surface area contributed by atoms with E-state index >= 15 is 0 Å². The number of ether oxygens (including phenoxy) is 3. The lowest BCUT2D eigenvalue weighted by molar-refractivity contribution is -0.117. The van der Waals surface area contributed by atoms with E-state index in [0.717, 1.165) is 22.0 Å². The fourth-order valence-corrected chi connectivity index (χ4v) is 5.76. The zero-order chi connectivity index (χ0) is 23.8. The maximum Gasteiger partial charge on any atom is 0.174 e. The predicted molar refractivity (Wildman–Crippen MR) is 132 cm³/mol. The highest BCUT2D eigenvalue weighted by Crippen LogP contribution is 2.49. The Morgan fingerprint density at radius 1 is 1.00 bits per heavy atom. The van der Waals surface area contributed by atoms with Crippen molar-refractivity contribution in [2.75, 3.05) is 7.11 Å². The van der Waals surface area contributed by atoms with Gasteiger partial charge in [0.1, 0.15) is 23.9 Å². The molecule has 1 heterocycles. The molecule has 3 aliphatic rings. The van der Waals surface area contributed by atoms with Crippen molar-refractivity contribution in [3.05, 3.63) is 79.6 Å².